The van der Waals surface area contributed by atoms with Crippen LogP contribution in [0.4, 0.5) is 5.82 Å². The molecule has 90 valence electrons. The summed E-state index contributed by atoms with van der Waals surface area (Å²) in [6, 6.07) is 0. The minimum Gasteiger partial charge on any atom is -0.352 e. The van der Waals surface area contributed by atoms with Crippen LogP contribution in [0.2, 0.25) is 5.02 Å². The normalized spacial score (nSPS) is 20.1. The molecule has 2 heterocycles. The van der Waals surface area contributed by atoms with Crippen LogP contribution in [0.15, 0.2) is 0 Å². The highest BCUT2D eigenvalue weighted by molar-refractivity contribution is 7.91. The largest absolute Gasteiger partial charge is 0.352 e. The van der Waals surface area contributed by atoms with Gasteiger partial charge in [-0.3, -0.25) is 4.68 Å². The summed E-state index contributed by atoms with van der Waals surface area (Å²) in [5, 5.41) is 4.91. The molecular formula is C9H14ClN3O2S. The van der Waals surface area contributed by atoms with Crippen molar-refractivity contribution in [3.63, 3.8) is 0 Å². The lowest BCUT2D eigenvalue weighted by Crippen LogP contribution is -2.40. The molecule has 1 aliphatic rings. The van der Waals surface area contributed by atoms with Gasteiger partial charge >= 0.3 is 0 Å². The molecule has 1 fully saturated rings. The summed E-state index contributed by atoms with van der Waals surface area (Å²) in [6.45, 7) is 2.83. The van der Waals surface area contributed by atoms with Crippen LogP contribution in [-0.2, 0) is 16.9 Å². The molecule has 1 aromatic heterocycles. The van der Waals surface area contributed by atoms with Crippen molar-refractivity contribution in [2.24, 2.45) is 7.05 Å². The van der Waals surface area contributed by atoms with Gasteiger partial charge in [0.2, 0.25) is 0 Å². The lowest BCUT2D eigenvalue weighted by atomic mass is 10.4. The Hall–Kier alpha value is -0.750. The molecule has 0 radical (unpaired) electrons. The minimum atomic E-state index is -2.86. The molecule has 16 heavy (non-hydrogen) atoms. The predicted molar refractivity (Wildman–Crippen MR) is 63.8 cm³/mol. The third-order valence-corrected chi connectivity index (χ3v) is 4.94. The molecule has 0 unspecified atom stereocenters. The molecule has 1 saturated heterocycles. The quantitative estimate of drug-likeness (QED) is 0.745. The predicted octanol–water partition coefficient (Wildman–Crippen LogP) is 0.617. The highest BCUT2D eigenvalue weighted by atomic mass is 35.5. The van der Waals surface area contributed by atoms with E-state index in [-0.39, 0.29) is 11.5 Å². The first kappa shape index (κ1) is 11.7. The number of hydrogen-bond donors (Lipinski definition) is 0. The molecule has 0 amide bonds. The molecule has 1 aliphatic heterocycles. The minimum absolute atomic E-state index is 0.180. The van der Waals surface area contributed by atoms with E-state index in [1.54, 1.807) is 4.68 Å². The molecule has 0 N–H and O–H groups in total. The zero-order valence-electron chi connectivity index (χ0n) is 9.27. The number of aromatic nitrogens is 2. The fourth-order valence-electron chi connectivity index (χ4n) is 1.69. The van der Waals surface area contributed by atoms with Gasteiger partial charge in [0, 0.05) is 20.1 Å². The standard InChI is InChI=1S/C9H14ClN3O2S/c1-7-8(10)9(11-12(7)2)13-3-5-16(14,15)6-4-13/h3-6H2,1-2H3. The fourth-order valence-corrected chi connectivity index (χ4v) is 3.17. The zero-order valence-corrected chi connectivity index (χ0v) is 10.8. The van der Waals surface area contributed by atoms with E-state index >= 15 is 0 Å². The molecule has 0 saturated carbocycles. The molecule has 0 atom stereocenters. The van der Waals surface area contributed by atoms with E-state index < -0.39 is 9.84 Å². The maximum Gasteiger partial charge on any atom is 0.169 e. The Bertz CT molecular complexity index is 495. The number of hydrogen-bond acceptors (Lipinski definition) is 4. The average Bonchev–Trinajstić information content (AvgIpc) is 2.46. The first-order valence-electron chi connectivity index (χ1n) is 5.05. The summed E-state index contributed by atoms with van der Waals surface area (Å²) >= 11 is 6.14. The Kier molecular flexibility index (Phi) is 2.88. The van der Waals surface area contributed by atoms with Gasteiger partial charge in [-0.2, -0.15) is 5.10 Å². The van der Waals surface area contributed by atoms with Crippen LogP contribution in [0.5, 0.6) is 0 Å². The van der Waals surface area contributed by atoms with Crippen molar-refractivity contribution < 1.29 is 8.42 Å². The maximum absolute atomic E-state index is 11.3. The van der Waals surface area contributed by atoms with Gasteiger partial charge in [0.05, 0.1) is 17.2 Å². The topological polar surface area (TPSA) is 55.2 Å². The third kappa shape index (κ3) is 2.04. The molecule has 2 rings (SSSR count). The highest BCUT2D eigenvalue weighted by Gasteiger charge is 2.25. The maximum atomic E-state index is 11.3. The van der Waals surface area contributed by atoms with E-state index in [0.29, 0.717) is 23.9 Å². The summed E-state index contributed by atoms with van der Waals surface area (Å²) in [4.78, 5) is 1.93. The van der Waals surface area contributed by atoms with Gasteiger partial charge in [0.15, 0.2) is 15.7 Å². The van der Waals surface area contributed by atoms with E-state index in [4.69, 9.17) is 11.6 Å². The summed E-state index contributed by atoms with van der Waals surface area (Å²) in [6.07, 6.45) is 0. The van der Waals surface area contributed by atoms with E-state index in [9.17, 15) is 8.42 Å². The van der Waals surface area contributed by atoms with E-state index in [2.05, 4.69) is 5.10 Å². The van der Waals surface area contributed by atoms with Crippen molar-refractivity contribution in [3.05, 3.63) is 10.7 Å². The van der Waals surface area contributed by atoms with Crippen molar-refractivity contribution in [1.29, 1.82) is 0 Å². The van der Waals surface area contributed by atoms with E-state index in [0.717, 1.165) is 5.69 Å². The molecule has 1 aromatic rings. The molecule has 5 nitrogen and oxygen atoms in total. The van der Waals surface area contributed by atoms with Crippen molar-refractivity contribution in [2.75, 3.05) is 29.5 Å². The number of nitrogens with zero attached hydrogens (tertiary/aromatic N) is 3. The second-order valence-electron chi connectivity index (χ2n) is 3.99. The van der Waals surface area contributed by atoms with Crippen molar-refractivity contribution >= 4 is 27.3 Å². The fraction of sp³-hybridized carbons (Fsp3) is 0.667. The third-order valence-electron chi connectivity index (χ3n) is 2.89. The molecule has 0 spiro atoms. The van der Waals surface area contributed by atoms with Crippen LogP contribution < -0.4 is 4.90 Å². The van der Waals surface area contributed by atoms with Crippen LogP contribution in [0, 0.1) is 6.92 Å². The number of halogens is 1. The van der Waals surface area contributed by atoms with Crippen molar-refractivity contribution in [2.45, 2.75) is 6.92 Å². The van der Waals surface area contributed by atoms with Gasteiger partial charge in [-0.05, 0) is 6.92 Å². The summed E-state index contributed by atoms with van der Waals surface area (Å²) in [7, 11) is -1.03. The van der Waals surface area contributed by atoms with E-state index in [1.165, 1.54) is 0 Å². The molecule has 7 heteroatoms. The van der Waals surface area contributed by atoms with Gasteiger partial charge in [-0.15, -0.1) is 0 Å². The number of sulfone groups is 1. The summed E-state index contributed by atoms with van der Waals surface area (Å²) in [5.41, 5.74) is 0.894. The van der Waals surface area contributed by atoms with Gasteiger partial charge in [0.25, 0.3) is 0 Å². The van der Waals surface area contributed by atoms with Crippen LogP contribution in [0.3, 0.4) is 0 Å². The molecule has 0 aliphatic carbocycles. The van der Waals surface area contributed by atoms with Crippen LogP contribution in [0.1, 0.15) is 5.69 Å². The SMILES string of the molecule is Cc1c(Cl)c(N2CCS(=O)(=O)CC2)nn1C. The number of rotatable bonds is 1. The average molecular weight is 264 g/mol. The summed E-state index contributed by atoms with van der Waals surface area (Å²) < 4.78 is 24.3. The Balaban J connectivity index is 2.24. The van der Waals surface area contributed by atoms with Gasteiger partial charge in [-0.1, -0.05) is 11.6 Å². The second kappa shape index (κ2) is 3.92. The van der Waals surface area contributed by atoms with E-state index in [1.807, 2.05) is 18.9 Å². The van der Waals surface area contributed by atoms with Gasteiger partial charge < -0.3 is 4.90 Å². The Morgan fingerprint density at radius 3 is 2.31 bits per heavy atom. The van der Waals surface area contributed by atoms with Gasteiger partial charge in [-0.25, -0.2) is 8.42 Å². The lowest BCUT2D eigenvalue weighted by Gasteiger charge is -2.26. The zero-order chi connectivity index (χ0) is 11.9. The van der Waals surface area contributed by atoms with Crippen LogP contribution >= 0.6 is 11.6 Å². The number of aryl methyl sites for hydroxylation is 1. The van der Waals surface area contributed by atoms with Crippen LogP contribution in [-0.4, -0.2) is 42.8 Å². The van der Waals surface area contributed by atoms with Crippen molar-refractivity contribution in [3.8, 4) is 0 Å². The first-order valence-corrected chi connectivity index (χ1v) is 7.25. The highest BCUT2D eigenvalue weighted by Crippen LogP contribution is 2.28. The summed E-state index contributed by atoms with van der Waals surface area (Å²) in [5.74, 6) is 1.05. The molecule has 0 aromatic carbocycles. The Labute approximate surface area is 99.9 Å². The first-order chi connectivity index (χ1) is 7.41. The van der Waals surface area contributed by atoms with Gasteiger partial charge in [0.1, 0.15) is 5.02 Å². The molecule has 0 bridgehead atoms. The molecular weight excluding hydrogens is 250 g/mol. The smallest absolute Gasteiger partial charge is 0.169 e. The van der Waals surface area contributed by atoms with Crippen molar-refractivity contribution in [1.82, 2.24) is 9.78 Å². The Morgan fingerprint density at radius 1 is 1.31 bits per heavy atom. The number of anilines is 1. The Morgan fingerprint density at radius 2 is 1.88 bits per heavy atom. The van der Waals surface area contributed by atoms with Crippen LogP contribution in [0.25, 0.3) is 0 Å². The monoisotopic (exact) mass is 263 g/mol. The second-order valence-corrected chi connectivity index (χ2v) is 6.67. The lowest BCUT2D eigenvalue weighted by molar-refractivity contribution is 0.585.